The van der Waals surface area contributed by atoms with Crippen LogP contribution in [0.3, 0.4) is 0 Å². The molecule has 3 rings (SSSR count). The van der Waals surface area contributed by atoms with Gasteiger partial charge in [0, 0.05) is 18.2 Å². The number of hydrogen-bond acceptors (Lipinski definition) is 5. The van der Waals surface area contributed by atoms with Gasteiger partial charge in [0.2, 0.25) is 5.89 Å². The topological polar surface area (TPSA) is 74.2 Å². The number of nitrogens with two attached hydrogens (primary N) is 1. The third-order valence-corrected chi connectivity index (χ3v) is 3.11. The van der Waals surface area contributed by atoms with E-state index in [0.717, 1.165) is 30.1 Å². The van der Waals surface area contributed by atoms with Crippen molar-refractivity contribution in [2.24, 2.45) is 0 Å². The number of anilines is 1. The van der Waals surface area contributed by atoms with Crippen molar-refractivity contribution in [2.45, 2.75) is 18.8 Å². The molecule has 1 unspecified atom stereocenters. The lowest BCUT2D eigenvalue weighted by Crippen LogP contribution is -2.00. The van der Waals surface area contributed by atoms with Crippen LogP contribution in [0.5, 0.6) is 0 Å². The van der Waals surface area contributed by atoms with Gasteiger partial charge in [-0.25, -0.2) is 0 Å². The molecule has 2 aromatic rings. The molecule has 102 valence electrons. The minimum Gasteiger partial charge on any atom is -0.399 e. The summed E-state index contributed by atoms with van der Waals surface area (Å²) in [5.74, 6) is 1.69. The van der Waals surface area contributed by atoms with Crippen LogP contribution in [0.4, 0.5) is 5.69 Å². The van der Waals surface area contributed by atoms with Gasteiger partial charge in [-0.1, -0.05) is 17.3 Å². The van der Waals surface area contributed by atoms with Gasteiger partial charge in [0.25, 0.3) is 0 Å². The molecule has 0 saturated carbocycles. The summed E-state index contributed by atoms with van der Waals surface area (Å²) < 4.78 is 10.6. The molecule has 0 spiro atoms. The summed E-state index contributed by atoms with van der Waals surface area (Å²) in [5.41, 5.74) is 7.51. The van der Waals surface area contributed by atoms with Crippen molar-refractivity contribution in [3.63, 3.8) is 0 Å². The molecule has 19 heavy (non-hydrogen) atoms. The summed E-state index contributed by atoms with van der Waals surface area (Å²) in [7, 11) is 0. The highest BCUT2D eigenvalue weighted by Gasteiger charge is 2.22. The predicted octanol–water partition coefficient (Wildman–Crippen LogP) is 2.17. The zero-order chi connectivity index (χ0) is 12.4. The molecule has 2 N–H and O–H groups in total. The second-order valence-corrected chi connectivity index (χ2v) is 4.53. The molecular weight excluding hydrogens is 266 g/mol. The van der Waals surface area contributed by atoms with Gasteiger partial charge < -0.3 is 15.0 Å². The zero-order valence-corrected chi connectivity index (χ0v) is 11.2. The maximum atomic E-state index is 5.64. The number of ether oxygens (including phenoxy) is 1. The fourth-order valence-corrected chi connectivity index (χ4v) is 2.05. The van der Waals surface area contributed by atoms with Crippen LogP contribution in [0.1, 0.15) is 29.6 Å². The number of nitrogen functional groups attached to an aromatic ring is 1. The molecular formula is C13H16ClN3O2. The summed E-state index contributed by atoms with van der Waals surface area (Å²) in [6.07, 6.45) is 1.61. The molecule has 5 nitrogen and oxygen atoms in total. The molecule has 1 aliphatic heterocycles. The second kappa shape index (κ2) is 6.04. The van der Waals surface area contributed by atoms with E-state index in [1.165, 1.54) is 0 Å². The van der Waals surface area contributed by atoms with Crippen LogP contribution in [0, 0.1) is 0 Å². The minimum absolute atomic E-state index is 0. The highest BCUT2D eigenvalue weighted by molar-refractivity contribution is 5.85. The number of benzene rings is 1. The Bertz CT molecular complexity index is 521. The number of halogens is 1. The van der Waals surface area contributed by atoms with E-state index in [4.69, 9.17) is 15.0 Å². The average molecular weight is 282 g/mol. The quantitative estimate of drug-likeness (QED) is 0.873. The standard InChI is InChI=1S/C13H15N3O2.ClH/c14-11-3-1-9(2-4-11)7-12-15-13(16-18-12)10-5-6-17-8-10;/h1-4,10H,5-8,14H2;1H. The van der Waals surface area contributed by atoms with E-state index in [1.807, 2.05) is 24.3 Å². The van der Waals surface area contributed by atoms with Gasteiger partial charge in [0.05, 0.1) is 13.0 Å². The molecule has 1 saturated heterocycles. The maximum Gasteiger partial charge on any atom is 0.231 e. The van der Waals surface area contributed by atoms with Crippen molar-refractivity contribution in [1.82, 2.24) is 10.1 Å². The first-order valence-corrected chi connectivity index (χ1v) is 6.06. The molecule has 0 aliphatic carbocycles. The normalized spacial score (nSPS) is 18.2. The van der Waals surface area contributed by atoms with E-state index in [0.29, 0.717) is 18.9 Å². The summed E-state index contributed by atoms with van der Waals surface area (Å²) in [6.45, 7) is 1.48. The van der Waals surface area contributed by atoms with E-state index in [1.54, 1.807) is 0 Å². The molecule has 2 heterocycles. The summed E-state index contributed by atoms with van der Waals surface area (Å²) in [6, 6.07) is 7.69. The van der Waals surface area contributed by atoms with Gasteiger partial charge in [0.1, 0.15) is 0 Å². The lowest BCUT2D eigenvalue weighted by Gasteiger charge is -1.98. The predicted molar refractivity (Wildman–Crippen MR) is 73.4 cm³/mol. The smallest absolute Gasteiger partial charge is 0.231 e. The van der Waals surface area contributed by atoms with E-state index >= 15 is 0 Å². The summed E-state index contributed by atoms with van der Waals surface area (Å²) >= 11 is 0. The molecule has 1 fully saturated rings. The Morgan fingerprint density at radius 3 is 2.74 bits per heavy atom. The van der Waals surface area contributed by atoms with Crippen LogP contribution in [0.2, 0.25) is 0 Å². The van der Waals surface area contributed by atoms with Gasteiger partial charge in [0.15, 0.2) is 5.82 Å². The number of aromatic nitrogens is 2. The van der Waals surface area contributed by atoms with Gasteiger partial charge in [-0.05, 0) is 24.1 Å². The van der Waals surface area contributed by atoms with Gasteiger partial charge in [-0.2, -0.15) is 4.98 Å². The third kappa shape index (κ3) is 3.24. The monoisotopic (exact) mass is 281 g/mol. The Hall–Kier alpha value is -1.59. The maximum absolute atomic E-state index is 5.64. The van der Waals surface area contributed by atoms with Crippen LogP contribution in [-0.4, -0.2) is 23.4 Å². The van der Waals surface area contributed by atoms with Crippen molar-refractivity contribution in [3.8, 4) is 0 Å². The Morgan fingerprint density at radius 1 is 1.26 bits per heavy atom. The Kier molecular flexibility index (Phi) is 4.39. The molecule has 0 radical (unpaired) electrons. The summed E-state index contributed by atoms with van der Waals surface area (Å²) in [4.78, 5) is 4.42. The third-order valence-electron chi connectivity index (χ3n) is 3.11. The fraction of sp³-hybridized carbons (Fsp3) is 0.385. The van der Waals surface area contributed by atoms with Crippen LogP contribution in [0.15, 0.2) is 28.8 Å². The molecule has 1 aliphatic rings. The SMILES string of the molecule is Cl.Nc1ccc(Cc2nc(C3CCOC3)no2)cc1. The van der Waals surface area contributed by atoms with Crippen molar-refractivity contribution in [1.29, 1.82) is 0 Å². The van der Waals surface area contributed by atoms with E-state index in [2.05, 4.69) is 10.1 Å². The first-order valence-electron chi connectivity index (χ1n) is 6.06. The Morgan fingerprint density at radius 2 is 2.05 bits per heavy atom. The largest absolute Gasteiger partial charge is 0.399 e. The van der Waals surface area contributed by atoms with Crippen molar-refractivity contribution < 1.29 is 9.26 Å². The van der Waals surface area contributed by atoms with Crippen LogP contribution in [-0.2, 0) is 11.2 Å². The molecule has 0 bridgehead atoms. The Labute approximate surface area is 117 Å². The zero-order valence-electron chi connectivity index (χ0n) is 10.4. The number of hydrogen-bond donors (Lipinski definition) is 1. The highest BCUT2D eigenvalue weighted by Crippen LogP contribution is 2.23. The van der Waals surface area contributed by atoms with Crippen molar-refractivity contribution in [2.75, 3.05) is 18.9 Å². The average Bonchev–Trinajstić information content (AvgIpc) is 3.02. The number of rotatable bonds is 3. The lowest BCUT2D eigenvalue weighted by molar-refractivity contribution is 0.192. The van der Waals surface area contributed by atoms with Crippen LogP contribution >= 0.6 is 12.4 Å². The van der Waals surface area contributed by atoms with Crippen LogP contribution < -0.4 is 5.73 Å². The molecule has 0 amide bonds. The Balaban J connectivity index is 0.00000133. The van der Waals surface area contributed by atoms with Crippen LogP contribution in [0.25, 0.3) is 0 Å². The molecule has 6 heteroatoms. The molecule has 1 atom stereocenters. The fourth-order valence-electron chi connectivity index (χ4n) is 2.05. The lowest BCUT2D eigenvalue weighted by atomic mass is 10.1. The first-order chi connectivity index (χ1) is 8.81. The van der Waals surface area contributed by atoms with E-state index in [9.17, 15) is 0 Å². The highest BCUT2D eigenvalue weighted by atomic mass is 35.5. The summed E-state index contributed by atoms with van der Waals surface area (Å²) in [5, 5.41) is 4.02. The number of nitrogens with zero attached hydrogens (tertiary/aromatic N) is 2. The van der Waals surface area contributed by atoms with Crippen molar-refractivity contribution >= 4 is 18.1 Å². The van der Waals surface area contributed by atoms with Gasteiger partial charge in [-0.3, -0.25) is 0 Å². The molecule has 1 aromatic carbocycles. The van der Waals surface area contributed by atoms with E-state index < -0.39 is 0 Å². The first kappa shape index (κ1) is 13.8. The van der Waals surface area contributed by atoms with Gasteiger partial charge in [-0.15, -0.1) is 12.4 Å². The molecule has 1 aromatic heterocycles. The van der Waals surface area contributed by atoms with Gasteiger partial charge >= 0.3 is 0 Å². The van der Waals surface area contributed by atoms with Crippen molar-refractivity contribution in [3.05, 3.63) is 41.5 Å². The second-order valence-electron chi connectivity index (χ2n) is 4.53. The minimum atomic E-state index is 0. The van der Waals surface area contributed by atoms with E-state index in [-0.39, 0.29) is 18.3 Å².